The maximum absolute atomic E-state index is 12.4. The maximum atomic E-state index is 12.4. The van der Waals surface area contributed by atoms with Crippen molar-refractivity contribution in [2.45, 2.75) is 17.9 Å². The number of hydrogen-bond acceptors (Lipinski definition) is 4. The quantitative estimate of drug-likeness (QED) is 0.591. The zero-order valence-corrected chi connectivity index (χ0v) is 16.9. The summed E-state index contributed by atoms with van der Waals surface area (Å²) in [6.07, 6.45) is 3.46. The summed E-state index contributed by atoms with van der Waals surface area (Å²) in [6.45, 7) is 0.354. The molecule has 1 aromatic heterocycles. The van der Waals surface area contributed by atoms with E-state index in [9.17, 15) is 13.2 Å². The van der Waals surface area contributed by atoms with Crippen LogP contribution in [-0.4, -0.2) is 41.8 Å². The van der Waals surface area contributed by atoms with Gasteiger partial charge in [-0.3, -0.25) is 4.79 Å². The monoisotopic (exact) mass is 417 g/mol. The van der Waals surface area contributed by atoms with Gasteiger partial charge in [-0.25, -0.2) is 13.1 Å². The number of para-hydroxylation sites is 1. The highest BCUT2D eigenvalue weighted by atomic mass is 35.5. The topological polar surface area (TPSA) is 72.3 Å². The third-order valence-corrected chi connectivity index (χ3v) is 6.24. The van der Waals surface area contributed by atoms with Gasteiger partial charge in [-0.15, -0.1) is 0 Å². The second-order valence-electron chi connectivity index (χ2n) is 6.40. The Bertz CT molecular complexity index is 1050. The minimum Gasteiger partial charge on any atom is -0.341 e. The predicted molar refractivity (Wildman–Crippen MR) is 108 cm³/mol. The van der Waals surface area contributed by atoms with E-state index < -0.39 is 9.84 Å². The summed E-state index contributed by atoms with van der Waals surface area (Å²) in [5, 5.41) is 4.77. The second kappa shape index (κ2) is 8.58. The molecule has 0 N–H and O–H groups in total. The van der Waals surface area contributed by atoms with E-state index in [4.69, 9.17) is 11.6 Å². The summed E-state index contributed by atoms with van der Waals surface area (Å²) >= 11 is 5.79. The summed E-state index contributed by atoms with van der Waals surface area (Å²) in [4.78, 5) is 14.0. The zero-order chi connectivity index (χ0) is 20.1. The number of benzene rings is 2. The van der Waals surface area contributed by atoms with Gasteiger partial charge in [0.15, 0.2) is 9.84 Å². The molecule has 2 aromatic carbocycles. The fraction of sp³-hybridized carbons (Fsp3) is 0.200. The van der Waals surface area contributed by atoms with Crippen molar-refractivity contribution in [3.63, 3.8) is 0 Å². The highest BCUT2D eigenvalue weighted by molar-refractivity contribution is 7.91. The molecule has 0 aliphatic carbocycles. The molecule has 6 nitrogen and oxygen atoms in total. The lowest BCUT2D eigenvalue weighted by Gasteiger charge is -2.16. The molecule has 0 unspecified atom stereocenters. The van der Waals surface area contributed by atoms with Crippen molar-refractivity contribution in [2.75, 3.05) is 12.8 Å². The smallest absolute Gasteiger partial charge is 0.223 e. The van der Waals surface area contributed by atoms with Crippen LogP contribution in [0.3, 0.4) is 0 Å². The standard InChI is InChI=1S/C20H20ClN3O3S/c1-23(14-16-13-22-24(15-16)18-5-3-2-4-6-18)20(25)11-12-28(26,27)19-9-7-17(21)8-10-19/h2-10,13,15H,11-12,14H2,1H3. The van der Waals surface area contributed by atoms with Crippen molar-refractivity contribution in [2.24, 2.45) is 0 Å². The Labute approximate surface area is 169 Å². The number of rotatable bonds is 7. The van der Waals surface area contributed by atoms with E-state index in [1.54, 1.807) is 17.9 Å². The fourth-order valence-electron chi connectivity index (χ4n) is 2.70. The molecule has 0 bridgehead atoms. The molecule has 1 heterocycles. The first-order valence-corrected chi connectivity index (χ1v) is 10.7. The second-order valence-corrected chi connectivity index (χ2v) is 8.95. The molecule has 0 aliphatic rings. The summed E-state index contributed by atoms with van der Waals surface area (Å²) < 4.78 is 26.5. The average Bonchev–Trinajstić information content (AvgIpc) is 3.15. The van der Waals surface area contributed by atoms with Crippen molar-refractivity contribution in [1.29, 1.82) is 0 Å². The molecule has 0 saturated heterocycles. The van der Waals surface area contributed by atoms with Crippen LogP contribution in [0.5, 0.6) is 0 Å². The molecule has 0 radical (unpaired) electrons. The van der Waals surface area contributed by atoms with Crippen LogP contribution >= 0.6 is 11.6 Å². The van der Waals surface area contributed by atoms with Gasteiger partial charge in [0.25, 0.3) is 0 Å². The molecule has 0 atom stereocenters. The molecule has 1 amide bonds. The molecule has 0 fully saturated rings. The van der Waals surface area contributed by atoms with Crippen LogP contribution in [0.1, 0.15) is 12.0 Å². The molecule has 8 heteroatoms. The van der Waals surface area contributed by atoms with E-state index in [-0.39, 0.29) is 23.0 Å². The lowest BCUT2D eigenvalue weighted by molar-refractivity contribution is -0.130. The minimum atomic E-state index is -3.53. The molecule has 146 valence electrons. The van der Waals surface area contributed by atoms with Crippen LogP contribution in [-0.2, 0) is 21.2 Å². The molecule has 0 aliphatic heterocycles. The Hall–Kier alpha value is -2.64. The molecule has 3 aromatic rings. The molecule has 0 saturated carbocycles. The Morgan fingerprint density at radius 1 is 1.11 bits per heavy atom. The first-order valence-electron chi connectivity index (χ1n) is 8.66. The molecule has 0 spiro atoms. The van der Waals surface area contributed by atoms with Crippen molar-refractivity contribution >= 4 is 27.3 Å². The predicted octanol–water partition coefficient (Wildman–Crippen LogP) is 3.35. The lowest BCUT2D eigenvalue weighted by Crippen LogP contribution is -2.27. The van der Waals surface area contributed by atoms with E-state index in [0.717, 1.165) is 11.3 Å². The Morgan fingerprint density at radius 3 is 2.46 bits per heavy atom. The van der Waals surface area contributed by atoms with Gasteiger partial charge in [-0.1, -0.05) is 29.8 Å². The molecule has 28 heavy (non-hydrogen) atoms. The summed E-state index contributed by atoms with van der Waals surface area (Å²) in [7, 11) is -1.88. The van der Waals surface area contributed by atoms with Crippen molar-refractivity contribution < 1.29 is 13.2 Å². The number of carbonyl (C=O) groups is 1. The van der Waals surface area contributed by atoms with Crippen LogP contribution in [0.4, 0.5) is 0 Å². The van der Waals surface area contributed by atoms with Crippen LogP contribution in [0.25, 0.3) is 5.69 Å². The lowest BCUT2D eigenvalue weighted by atomic mass is 10.3. The Kier molecular flexibility index (Phi) is 6.16. The first-order chi connectivity index (χ1) is 13.3. The number of carbonyl (C=O) groups excluding carboxylic acids is 1. The van der Waals surface area contributed by atoms with E-state index in [1.807, 2.05) is 36.5 Å². The van der Waals surface area contributed by atoms with Gasteiger partial charge in [-0.2, -0.15) is 5.10 Å². The van der Waals surface area contributed by atoms with Gasteiger partial charge in [-0.05, 0) is 36.4 Å². The van der Waals surface area contributed by atoms with E-state index in [0.29, 0.717) is 11.6 Å². The number of sulfone groups is 1. The van der Waals surface area contributed by atoms with Crippen LogP contribution in [0, 0.1) is 0 Å². The third-order valence-electron chi connectivity index (χ3n) is 4.26. The van der Waals surface area contributed by atoms with Crippen LogP contribution in [0.2, 0.25) is 5.02 Å². The number of aromatic nitrogens is 2. The zero-order valence-electron chi connectivity index (χ0n) is 15.3. The summed E-state index contributed by atoms with van der Waals surface area (Å²) in [5.74, 6) is -0.494. The van der Waals surface area contributed by atoms with Crippen molar-refractivity contribution in [1.82, 2.24) is 14.7 Å². The average molecular weight is 418 g/mol. The molecule has 3 rings (SSSR count). The van der Waals surface area contributed by atoms with Crippen LogP contribution < -0.4 is 0 Å². The number of hydrogen-bond donors (Lipinski definition) is 0. The molecular formula is C20H20ClN3O3S. The highest BCUT2D eigenvalue weighted by Crippen LogP contribution is 2.16. The van der Waals surface area contributed by atoms with Crippen molar-refractivity contribution in [3.05, 3.63) is 77.6 Å². The number of nitrogens with zero attached hydrogens (tertiary/aromatic N) is 3. The SMILES string of the molecule is CN(Cc1cnn(-c2ccccc2)c1)C(=O)CCS(=O)(=O)c1ccc(Cl)cc1. The summed E-state index contributed by atoms with van der Waals surface area (Å²) in [5.41, 5.74) is 1.79. The maximum Gasteiger partial charge on any atom is 0.223 e. The minimum absolute atomic E-state index is 0.0890. The molecular weight excluding hydrogens is 398 g/mol. The van der Waals surface area contributed by atoms with Crippen molar-refractivity contribution in [3.8, 4) is 5.69 Å². The summed E-state index contributed by atoms with van der Waals surface area (Å²) in [6, 6.07) is 15.6. The Morgan fingerprint density at radius 2 is 1.79 bits per heavy atom. The number of halogens is 1. The van der Waals surface area contributed by atoms with Gasteiger partial charge < -0.3 is 4.90 Å². The Balaban J connectivity index is 1.58. The van der Waals surface area contributed by atoms with Gasteiger partial charge in [0, 0.05) is 36.8 Å². The van der Waals surface area contributed by atoms with Gasteiger partial charge >= 0.3 is 0 Å². The normalized spacial score (nSPS) is 11.4. The van der Waals surface area contributed by atoms with E-state index in [1.165, 1.54) is 29.2 Å². The van der Waals surface area contributed by atoms with Gasteiger partial charge in [0.05, 0.1) is 22.5 Å². The van der Waals surface area contributed by atoms with E-state index in [2.05, 4.69) is 5.10 Å². The highest BCUT2D eigenvalue weighted by Gasteiger charge is 2.18. The van der Waals surface area contributed by atoms with Gasteiger partial charge in [0.1, 0.15) is 0 Å². The first kappa shape index (κ1) is 20.1. The van der Waals surface area contributed by atoms with Gasteiger partial charge in [0.2, 0.25) is 5.91 Å². The number of amides is 1. The third kappa shape index (κ3) is 4.99. The largest absolute Gasteiger partial charge is 0.341 e. The fourth-order valence-corrected chi connectivity index (χ4v) is 4.05. The van der Waals surface area contributed by atoms with E-state index >= 15 is 0 Å². The van der Waals surface area contributed by atoms with Crippen LogP contribution in [0.15, 0.2) is 71.9 Å².